The van der Waals surface area contributed by atoms with Gasteiger partial charge in [-0.1, -0.05) is 46.9 Å². The SMILES string of the molecule is O=C(c1cccc(Cl)c1)N1CCN(S(=O)(=O)c2c(Cl)cccc2Cl)CC1. The van der Waals surface area contributed by atoms with Crippen molar-refractivity contribution in [2.45, 2.75) is 4.90 Å². The zero-order chi connectivity index (χ0) is 18.9. The topological polar surface area (TPSA) is 57.7 Å². The van der Waals surface area contributed by atoms with Crippen molar-refractivity contribution in [2.24, 2.45) is 0 Å². The van der Waals surface area contributed by atoms with E-state index in [4.69, 9.17) is 34.8 Å². The van der Waals surface area contributed by atoms with Gasteiger partial charge in [0, 0.05) is 36.8 Å². The standard InChI is InChI=1S/C17H15Cl3N2O3S/c18-13-4-1-3-12(11-13)17(23)21-7-9-22(10-8-21)26(24,25)16-14(19)5-2-6-15(16)20/h1-6,11H,7-10H2. The molecule has 0 radical (unpaired) electrons. The molecule has 3 rings (SSSR count). The van der Waals surface area contributed by atoms with Gasteiger partial charge < -0.3 is 4.90 Å². The minimum Gasteiger partial charge on any atom is -0.336 e. The minimum absolute atomic E-state index is 0.0786. The molecule has 0 atom stereocenters. The number of carbonyl (C=O) groups excluding carboxylic acids is 1. The monoisotopic (exact) mass is 432 g/mol. The molecule has 0 aliphatic carbocycles. The summed E-state index contributed by atoms with van der Waals surface area (Å²) in [5, 5.41) is 0.635. The van der Waals surface area contributed by atoms with Crippen molar-refractivity contribution in [1.82, 2.24) is 9.21 Å². The maximum Gasteiger partial charge on any atom is 0.253 e. The molecule has 1 aliphatic rings. The fourth-order valence-corrected chi connectivity index (χ4v) is 5.50. The highest BCUT2D eigenvalue weighted by Crippen LogP contribution is 2.32. The fraction of sp³-hybridized carbons (Fsp3) is 0.235. The van der Waals surface area contributed by atoms with E-state index in [9.17, 15) is 13.2 Å². The zero-order valence-electron chi connectivity index (χ0n) is 13.5. The lowest BCUT2D eigenvalue weighted by molar-refractivity contribution is 0.0698. The molecule has 0 saturated carbocycles. The quantitative estimate of drug-likeness (QED) is 0.740. The molecule has 0 bridgehead atoms. The lowest BCUT2D eigenvalue weighted by Crippen LogP contribution is -2.50. The Morgan fingerprint density at radius 3 is 2.04 bits per heavy atom. The lowest BCUT2D eigenvalue weighted by atomic mass is 10.2. The molecule has 1 heterocycles. The summed E-state index contributed by atoms with van der Waals surface area (Å²) in [7, 11) is -3.83. The third kappa shape index (κ3) is 3.85. The van der Waals surface area contributed by atoms with E-state index in [0.29, 0.717) is 10.6 Å². The van der Waals surface area contributed by atoms with Crippen molar-refractivity contribution >= 4 is 50.7 Å². The van der Waals surface area contributed by atoms with Gasteiger partial charge in [-0.05, 0) is 30.3 Å². The molecule has 1 amide bonds. The van der Waals surface area contributed by atoms with Crippen molar-refractivity contribution in [1.29, 1.82) is 0 Å². The Hall–Kier alpha value is -1.31. The van der Waals surface area contributed by atoms with Crippen LogP contribution in [0.25, 0.3) is 0 Å². The first-order valence-electron chi connectivity index (χ1n) is 7.80. The van der Waals surface area contributed by atoms with Gasteiger partial charge in [-0.3, -0.25) is 4.79 Å². The fourth-order valence-electron chi connectivity index (χ4n) is 2.79. The van der Waals surface area contributed by atoms with Gasteiger partial charge in [0.05, 0.1) is 10.0 Å². The summed E-state index contributed by atoms with van der Waals surface area (Å²) >= 11 is 18.0. The highest BCUT2D eigenvalue weighted by molar-refractivity contribution is 7.89. The Labute approximate surface area is 167 Å². The molecule has 0 aromatic heterocycles. The smallest absolute Gasteiger partial charge is 0.253 e. The van der Waals surface area contributed by atoms with Crippen molar-refractivity contribution < 1.29 is 13.2 Å². The summed E-state index contributed by atoms with van der Waals surface area (Å²) in [6, 6.07) is 11.2. The summed E-state index contributed by atoms with van der Waals surface area (Å²) in [4.78, 5) is 14.0. The highest BCUT2D eigenvalue weighted by Gasteiger charge is 2.33. The summed E-state index contributed by atoms with van der Waals surface area (Å²) in [5.74, 6) is -0.180. The second-order valence-corrected chi connectivity index (χ2v) is 8.88. The molecular weight excluding hydrogens is 419 g/mol. The molecule has 1 saturated heterocycles. The molecule has 2 aromatic carbocycles. The molecule has 26 heavy (non-hydrogen) atoms. The van der Waals surface area contributed by atoms with Crippen molar-refractivity contribution in [3.8, 4) is 0 Å². The molecule has 9 heteroatoms. The van der Waals surface area contributed by atoms with Gasteiger partial charge in [0.25, 0.3) is 5.91 Å². The van der Waals surface area contributed by atoms with E-state index in [1.807, 2.05) is 0 Å². The summed E-state index contributed by atoms with van der Waals surface area (Å²) < 4.78 is 27.0. The maximum absolute atomic E-state index is 12.9. The second kappa shape index (κ2) is 7.74. The van der Waals surface area contributed by atoms with Gasteiger partial charge in [-0.15, -0.1) is 0 Å². The van der Waals surface area contributed by atoms with Crippen LogP contribution in [0, 0.1) is 0 Å². The molecule has 0 spiro atoms. The van der Waals surface area contributed by atoms with Gasteiger partial charge in [-0.2, -0.15) is 4.31 Å². The number of nitrogens with zero attached hydrogens (tertiary/aromatic N) is 2. The zero-order valence-corrected chi connectivity index (χ0v) is 16.6. The van der Waals surface area contributed by atoms with Gasteiger partial charge in [0.1, 0.15) is 4.90 Å². The summed E-state index contributed by atoms with van der Waals surface area (Å²) in [6.07, 6.45) is 0. The number of piperazine rings is 1. The van der Waals surface area contributed by atoms with E-state index in [2.05, 4.69) is 0 Å². The Morgan fingerprint density at radius 1 is 0.885 bits per heavy atom. The van der Waals surface area contributed by atoms with Crippen LogP contribution in [0.4, 0.5) is 0 Å². The van der Waals surface area contributed by atoms with Crippen LogP contribution >= 0.6 is 34.8 Å². The van der Waals surface area contributed by atoms with Crippen LogP contribution in [-0.4, -0.2) is 49.7 Å². The Morgan fingerprint density at radius 2 is 1.46 bits per heavy atom. The number of halogens is 3. The predicted molar refractivity (Wildman–Crippen MR) is 103 cm³/mol. The largest absolute Gasteiger partial charge is 0.336 e. The Bertz CT molecular complexity index is 922. The van der Waals surface area contributed by atoms with Gasteiger partial charge in [0.2, 0.25) is 10.0 Å². The first kappa shape index (κ1) is 19.5. The third-order valence-corrected chi connectivity index (χ3v) is 7.20. The molecular formula is C17H15Cl3N2O3S. The van der Waals surface area contributed by atoms with Crippen LogP contribution in [0.3, 0.4) is 0 Å². The molecule has 2 aromatic rings. The molecule has 1 aliphatic heterocycles. The number of benzene rings is 2. The lowest BCUT2D eigenvalue weighted by Gasteiger charge is -2.34. The Balaban J connectivity index is 1.75. The maximum atomic E-state index is 12.9. The first-order valence-corrected chi connectivity index (χ1v) is 10.4. The van der Waals surface area contributed by atoms with Crippen LogP contribution in [0.5, 0.6) is 0 Å². The van der Waals surface area contributed by atoms with Gasteiger partial charge in [-0.25, -0.2) is 8.42 Å². The molecule has 138 valence electrons. The van der Waals surface area contributed by atoms with E-state index in [1.165, 1.54) is 16.4 Å². The number of rotatable bonds is 3. The summed E-state index contributed by atoms with van der Waals surface area (Å²) in [6.45, 7) is 0.867. The van der Waals surface area contributed by atoms with Crippen LogP contribution in [0.1, 0.15) is 10.4 Å². The van der Waals surface area contributed by atoms with E-state index in [0.717, 1.165) is 0 Å². The number of carbonyl (C=O) groups is 1. The normalized spacial score (nSPS) is 15.9. The first-order chi connectivity index (χ1) is 12.3. The van der Waals surface area contributed by atoms with E-state index >= 15 is 0 Å². The van der Waals surface area contributed by atoms with Gasteiger partial charge >= 0.3 is 0 Å². The predicted octanol–water partition coefficient (Wildman–Crippen LogP) is 3.79. The van der Waals surface area contributed by atoms with Crippen LogP contribution in [0.15, 0.2) is 47.4 Å². The Kier molecular flexibility index (Phi) is 5.79. The number of amides is 1. The van der Waals surface area contributed by atoms with E-state index in [1.54, 1.807) is 35.2 Å². The van der Waals surface area contributed by atoms with Gasteiger partial charge in [0.15, 0.2) is 0 Å². The number of hydrogen-bond acceptors (Lipinski definition) is 3. The molecule has 0 N–H and O–H groups in total. The minimum atomic E-state index is -3.83. The number of sulfonamides is 1. The van der Waals surface area contributed by atoms with Crippen LogP contribution in [0.2, 0.25) is 15.1 Å². The third-order valence-electron chi connectivity index (χ3n) is 4.11. The van der Waals surface area contributed by atoms with Crippen molar-refractivity contribution in [2.75, 3.05) is 26.2 Å². The average Bonchev–Trinajstić information content (AvgIpc) is 2.61. The average molecular weight is 434 g/mol. The van der Waals surface area contributed by atoms with E-state index < -0.39 is 10.0 Å². The van der Waals surface area contributed by atoms with Crippen LogP contribution in [-0.2, 0) is 10.0 Å². The molecule has 0 unspecified atom stereocenters. The molecule has 1 fully saturated rings. The van der Waals surface area contributed by atoms with Crippen molar-refractivity contribution in [3.05, 3.63) is 63.1 Å². The molecule has 5 nitrogen and oxygen atoms in total. The van der Waals surface area contributed by atoms with E-state index in [-0.39, 0.29) is 47.0 Å². The summed E-state index contributed by atoms with van der Waals surface area (Å²) in [5.41, 5.74) is 0.475. The second-order valence-electron chi connectivity index (χ2n) is 5.76. The highest BCUT2D eigenvalue weighted by atomic mass is 35.5. The number of hydrogen-bond donors (Lipinski definition) is 0. The van der Waals surface area contributed by atoms with Crippen LogP contribution < -0.4 is 0 Å². The van der Waals surface area contributed by atoms with Crippen molar-refractivity contribution in [3.63, 3.8) is 0 Å².